The van der Waals surface area contributed by atoms with Crippen LogP contribution in [0, 0.1) is 0 Å². The fourth-order valence-electron chi connectivity index (χ4n) is 2.09. The second kappa shape index (κ2) is 6.99. The van der Waals surface area contributed by atoms with Gasteiger partial charge in [-0.2, -0.15) is 0 Å². The second-order valence-corrected chi connectivity index (χ2v) is 5.38. The molecule has 0 aliphatic rings. The zero-order chi connectivity index (χ0) is 14.4. The molecular weight excluding hydrogens is 246 g/mol. The Bertz CT molecular complexity index is 505. The molecule has 0 amide bonds. The van der Waals surface area contributed by atoms with E-state index in [0.29, 0.717) is 5.92 Å². The van der Waals surface area contributed by atoms with Gasteiger partial charge in [0.05, 0.1) is 6.10 Å². The lowest BCUT2D eigenvalue weighted by molar-refractivity contribution is 0.242. The van der Waals surface area contributed by atoms with Crippen molar-refractivity contribution in [3.05, 3.63) is 60.2 Å². The van der Waals surface area contributed by atoms with Crippen molar-refractivity contribution in [3.63, 3.8) is 0 Å². The topological polar surface area (TPSA) is 21.3 Å². The molecule has 2 rings (SSSR count). The van der Waals surface area contributed by atoms with Gasteiger partial charge in [0.1, 0.15) is 5.75 Å². The van der Waals surface area contributed by atoms with Crippen molar-refractivity contribution in [2.45, 2.75) is 32.8 Å². The highest BCUT2D eigenvalue weighted by molar-refractivity contribution is 5.46. The molecule has 2 heteroatoms. The summed E-state index contributed by atoms with van der Waals surface area (Å²) in [6.07, 6.45) is 0.215. The SMILES string of the molecule is CC(C)Oc1ccc(NCC(C)c2ccccc2)cc1. The summed E-state index contributed by atoms with van der Waals surface area (Å²) >= 11 is 0. The van der Waals surface area contributed by atoms with Crippen LogP contribution in [0.5, 0.6) is 5.75 Å². The molecule has 2 aromatic rings. The molecule has 0 fully saturated rings. The zero-order valence-corrected chi connectivity index (χ0v) is 12.5. The summed E-state index contributed by atoms with van der Waals surface area (Å²) in [4.78, 5) is 0. The van der Waals surface area contributed by atoms with Gasteiger partial charge in [0.25, 0.3) is 0 Å². The van der Waals surface area contributed by atoms with Gasteiger partial charge in [0.15, 0.2) is 0 Å². The normalized spacial score (nSPS) is 12.2. The highest BCUT2D eigenvalue weighted by Crippen LogP contribution is 2.19. The summed E-state index contributed by atoms with van der Waals surface area (Å²) in [6.45, 7) is 7.23. The number of hydrogen-bond acceptors (Lipinski definition) is 2. The first-order chi connectivity index (χ1) is 9.65. The lowest BCUT2D eigenvalue weighted by Crippen LogP contribution is -2.10. The lowest BCUT2D eigenvalue weighted by Gasteiger charge is -2.15. The van der Waals surface area contributed by atoms with Crippen LogP contribution in [-0.4, -0.2) is 12.6 Å². The molecule has 0 saturated heterocycles. The smallest absolute Gasteiger partial charge is 0.119 e. The third-order valence-electron chi connectivity index (χ3n) is 3.21. The van der Waals surface area contributed by atoms with Gasteiger partial charge in [-0.3, -0.25) is 0 Å². The molecular formula is C18H23NO. The Morgan fingerprint density at radius 2 is 1.55 bits per heavy atom. The molecule has 1 N–H and O–H groups in total. The Hall–Kier alpha value is -1.96. The fraction of sp³-hybridized carbons (Fsp3) is 0.333. The average Bonchev–Trinajstić information content (AvgIpc) is 2.46. The predicted molar refractivity (Wildman–Crippen MR) is 85.6 cm³/mol. The Morgan fingerprint density at radius 3 is 2.15 bits per heavy atom. The number of ether oxygens (including phenoxy) is 1. The molecule has 0 bridgehead atoms. The van der Waals surface area contributed by atoms with Crippen LogP contribution in [0.3, 0.4) is 0 Å². The Balaban J connectivity index is 1.88. The molecule has 0 aliphatic heterocycles. The standard InChI is InChI=1S/C18H23NO/c1-14(2)20-18-11-9-17(10-12-18)19-13-15(3)16-7-5-4-6-8-16/h4-12,14-15,19H,13H2,1-3H3. The largest absolute Gasteiger partial charge is 0.491 e. The summed E-state index contributed by atoms with van der Waals surface area (Å²) in [5, 5.41) is 3.47. The summed E-state index contributed by atoms with van der Waals surface area (Å²) in [7, 11) is 0. The molecule has 0 aliphatic carbocycles. The lowest BCUT2D eigenvalue weighted by atomic mass is 10.0. The van der Waals surface area contributed by atoms with Crippen LogP contribution >= 0.6 is 0 Å². The third kappa shape index (κ3) is 4.30. The number of nitrogens with one attached hydrogen (secondary N) is 1. The minimum Gasteiger partial charge on any atom is -0.491 e. The van der Waals surface area contributed by atoms with E-state index in [4.69, 9.17) is 4.74 Å². The van der Waals surface area contributed by atoms with Gasteiger partial charge in [-0.05, 0) is 49.6 Å². The van der Waals surface area contributed by atoms with Crippen LogP contribution < -0.4 is 10.1 Å². The van der Waals surface area contributed by atoms with Crippen LogP contribution in [0.15, 0.2) is 54.6 Å². The van der Waals surface area contributed by atoms with E-state index >= 15 is 0 Å². The average molecular weight is 269 g/mol. The molecule has 0 spiro atoms. The third-order valence-corrected chi connectivity index (χ3v) is 3.21. The first-order valence-corrected chi connectivity index (χ1v) is 7.20. The molecule has 106 valence electrons. The van der Waals surface area contributed by atoms with E-state index in [1.807, 2.05) is 26.0 Å². The maximum Gasteiger partial charge on any atom is 0.119 e. The summed E-state index contributed by atoms with van der Waals surface area (Å²) in [5.74, 6) is 1.41. The number of hydrogen-bond donors (Lipinski definition) is 1. The van der Waals surface area contributed by atoms with Crippen LogP contribution in [0.1, 0.15) is 32.3 Å². The minimum atomic E-state index is 0.215. The summed E-state index contributed by atoms with van der Waals surface area (Å²) in [5.41, 5.74) is 2.49. The van der Waals surface area contributed by atoms with E-state index in [0.717, 1.165) is 18.0 Å². The van der Waals surface area contributed by atoms with Crippen molar-refractivity contribution >= 4 is 5.69 Å². The second-order valence-electron chi connectivity index (χ2n) is 5.38. The Labute approximate surface area is 121 Å². The molecule has 0 aromatic heterocycles. The maximum atomic E-state index is 5.64. The van der Waals surface area contributed by atoms with Gasteiger partial charge in [-0.15, -0.1) is 0 Å². The Kier molecular flexibility index (Phi) is 5.05. The van der Waals surface area contributed by atoms with Crippen molar-refractivity contribution in [2.75, 3.05) is 11.9 Å². The molecule has 0 radical (unpaired) electrons. The first kappa shape index (κ1) is 14.4. The van der Waals surface area contributed by atoms with E-state index in [9.17, 15) is 0 Å². The van der Waals surface area contributed by atoms with E-state index < -0.39 is 0 Å². The van der Waals surface area contributed by atoms with Crippen molar-refractivity contribution < 1.29 is 4.74 Å². The molecule has 2 nitrogen and oxygen atoms in total. The summed E-state index contributed by atoms with van der Waals surface area (Å²) in [6, 6.07) is 18.7. The van der Waals surface area contributed by atoms with Crippen LogP contribution in [0.2, 0.25) is 0 Å². The van der Waals surface area contributed by atoms with E-state index in [1.54, 1.807) is 0 Å². The highest BCUT2D eigenvalue weighted by atomic mass is 16.5. The predicted octanol–water partition coefficient (Wildman–Crippen LogP) is 4.69. The van der Waals surface area contributed by atoms with Gasteiger partial charge < -0.3 is 10.1 Å². The number of rotatable bonds is 6. The summed E-state index contributed by atoms with van der Waals surface area (Å²) < 4.78 is 5.64. The number of anilines is 1. The van der Waals surface area contributed by atoms with Crippen LogP contribution in [-0.2, 0) is 0 Å². The molecule has 0 saturated carbocycles. The van der Waals surface area contributed by atoms with Crippen molar-refractivity contribution in [1.29, 1.82) is 0 Å². The van der Waals surface area contributed by atoms with Gasteiger partial charge >= 0.3 is 0 Å². The molecule has 1 atom stereocenters. The maximum absolute atomic E-state index is 5.64. The van der Waals surface area contributed by atoms with Crippen molar-refractivity contribution in [2.24, 2.45) is 0 Å². The Morgan fingerprint density at radius 1 is 0.900 bits per heavy atom. The van der Waals surface area contributed by atoms with E-state index in [-0.39, 0.29) is 6.10 Å². The molecule has 20 heavy (non-hydrogen) atoms. The van der Waals surface area contributed by atoms with Crippen molar-refractivity contribution in [3.8, 4) is 5.75 Å². The molecule has 2 aromatic carbocycles. The quantitative estimate of drug-likeness (QED) is 0.821. The van der Waals surface area contributed by atoms with Gasteiger partial charge in [-0.1, -0.05) is 37.3 Å². The van der Waals surface area contributed by atoms with Crippen molar-refractivity contribution in [1.82, 2.24) is 0 Å². The number of benzene rings is 2. The monoisotopic (exact) mass is 269 g/mol. The van der Waals surface area contributed by atoms with Crippen LogP contribution in [0.25, 0.3) is 0 Å². The van der Waals surface area contributed by atoms with E-state index in [2.05, 4.69) is 54.7 Å². The molecule has 0 heterocycles. The zero-order valence-electron chi connectivity index (χ0n) is 12.5. The minimum absolute atomic E-state index is 0.215. The van der Waals surface area contributed by atoms with Gasteiger partial charge in [0.2, 0.25) is 0 Å². The van der Waals surface area contributed by atoms with Gasteiger partial charge in [0, 0.05) is 12.2 Å². The van der Waals surface area contributed by atoms with Gasteiger partial charge in [-0.25, -0.2) is 0 Å². The fourth-order valence-corrected chi connectivity index (χ4v) is 2.09. The molecule has 1 unspecified atom stereocenters. The highest BCUT2D eigenvalue weighted by Gasteiger charge is 2.04. The van der Waals surface area contributed by atoms with Crippen LogP contribution in [0.4, 0.5) is 5.69 Å². The van der Waals surface area contributed by atoms with E-state index in [1.165, 1.54) is 5.56 Å². The first-order valence-electron chi connectivity index (χ1n) is 7.20.